The lowest BCUT2D eigenvalue weighted by Gasteiger charge is -2.08. The highest BCUT2D eigenvalue weighted by molar-refractivity contribution is 5.94. The Morgan fingerprint density at radius 2 is 2.00 bits per heavy atom. The van der Waals surface area contributed by atoms with Crippen LogP contribution in [0.4, 0.5) is 0 Å². The molecule has 2 aromatic heterocycles. The average molecular weight is 381 g/mol. The van der Waals surface area contributed by atoms with Crippen molar-refractivity contribution in [2.45, 2.75) is 26.8 Å². The van der Waals surface area contributed by atoms with E-state index in [1.54, 1.807) is 55.3 Å². The largest absolute Gasteiger partial charge is 0.462 e. The molecule has 0 saturated heterocycles. The molecule has 0 aliphatic carbocycles. The molecule has 0 aliphatic heterocycles. The van der Waals surface area contributed by atoms with Crippen LogP contribution < -0.4 is 5.32 Å². The Hall–Kier alpha value is -3.42. The molecule has 3 aromatic rings. The van der Waals surface area contributed by atoms with Crippen molar-refractivity contribution in [3.05, 3.63) is 66.0 Å². The van der Waals surface area contributed by atoms with Crippen LogP contribution in [0.3, 0.4) is 0 Å². The number of nitrogens with one attached hydrogen (secondary N) is 1. The van der Waals surface area contributed by atoms with Crippen molar-refractivity contribution in [3.63, 3.8) is 0 Å². The van der Waals surface area contributed by atoms with Crippen LogP contribution in [0.2, 0.25) is 0 Å². The first-order chi connectivity index (χ1) is 13.6. The molecule has 8 nitrogen and oxygen atoms in total. The van der Waals surface area contributed by atoms with Crippen molar-refractivity contribution in [2.24, 2.45) is 0 Å². The molecular formula is C20H23N5O3. The Kier molecular flexibility index (Phi) is 6.21. The van der Waals surface area contributed by atoms with Gasteiger partial charge in [0, 0.05) is 31.0 Å². The number of benzene rings is 1. The van der Waals surface area contributed by atoms with Gasteiger partial charge in [0.15, 0.2) is 0 Å². The SMILES string of the molecule is CCOC(=O)c1cnn(-c2ccc(C(=O)NCCCn3ccnc3)cc2)c1C. The lowest BCUT2D eigenvalue weighted by atomic mass is 10.2. The maximum atomic E-state index is 12.3. The number of imidazole rings is 1. The number of rotatable bonds is 8. The van der Waals surface area contributed by atoms with Crippen LogP contribution in [0, 0.1) is 6.92 Å². The number of carbonyl (C=O) groups is 2. The minimum absolute atomic E-state index is 0.124. The van der Waals surface area contributed by atoms with E-state index in [1.807, 2.05) is 10.8 Å². The third-order valence-corrected chi connectivity index (χ3v) is 4.32. The van der Waals surface area contributed by atoms with Gasteiger partial charge in [-0.05, 0) is 44.5 Å². The van der Waals surface area contributed by atoms with Gasteiger partial charge in [-0.1, -0.05) is 0 Å². The van der Waals surface area contributed by atoms with Crippen LogP contribution >= 0.6 is 0 Å². The van der Waals surface area contributed by atoms with Crippen molar-refractivity contribution >= 4 is 11.9 Å². The Morgan fingerprint density at radius 1 is 1.21 bits per heavy atom. The van der Waals surface area contributed by atoms with Crippen LogP contribution in [0.1, 0.15) is 39.8 Å². The van der Waals surface area contributed by atoms with E-state index in [-0.39, 0.29) is 5.91 Å². The highest BCUT2D eigenvalue weighted by Gasteiger charge is 2.16. The van der Waals surface area contributed by atoms with E-state index in [4.69, 9.17) is 4.74 Å². The van der Waals surface area contributed by atoms with E-state index >= 15 is 0 Å². The Labute approximate surface area is 163 Å². The van der Waals surface area contributed by atoms with Crippen molar-refractivity contribution in [1.29, 1.82) is 0 Å². The number of ether oxygens (including phenoxy) is 1. The molecule has 0 spiro atoms. The van der Waals surface area contributed by atoms with Crippen molar-refractivity contribution in [1.82, 2.24) is 24.6 Å². The van der Waals surface area contributed by atoms with Crippen LogP contribution in [0.5, 0.6) is 0 Å². The lowest BCUT2D eigenvalue weighted by molar-refractivity contribution is 0.0525. The number of nitrogens with zero attached hydrogens (tertiary/aromatic N) is 4. The molecular weight excluding hydrogens is 358 g/mol. The minimum atomic E-state index is -0.391. The molecule has 0 saturated carbocycles. The second-order valence-corrected chi connectivity index (χ2v) is 6.23. The number of hydrogen-bond acceptors (Lipinski definition) is 5. The molecule has 8 heteroatoms. The predicted octanol–water partition coefficient (Wildman–Crippen LogP) is 2.37. The zero-order valence-electron chi connectivity index (χ0n) is 16.0. The first-order valence-electron chi connectivity index (χ1n) is 9.16. The van der Waals surface area contributed by atoms with Crippen LogP contribution in [-0.2, 0) is 11.3 Å². The van der Waals surface area contributed by atoms with Gasteiger partial charge in [-0.2, -0.15) is 5.10 Å². The third-order valence-electron chi connectivity index (χ3n) is 4.32. The highest BCUT2D eigenvalue weighted by Crippen LogP contribution is 2.16. The Balaban J connectivity index is 1.58. The molecule has 1 aromatic carbocycles. The number of hydrogen-bond donors (Lipinski definition) is 1. The van der Waals surface area contributed by atoms with Crippen molar-refractivity contribution < 1.29 is 14.3 Å². The van der Waals surface area contributed by atoms with E-state index in [2.05, 4.69) is 15.4 Å². The van der Waals surface area contributed by atoms with Gasteiger partial charge in [0.1, 0.15) is 5.56 Å². The third kappa shape index (κ3) is 4.46. The fourth-order valence-electron chi connectivity index (χ4n) is 2.82. The van der Waals surface area contributed by atoms with Gasteiger partial charge >= 0.3 is 5.97 Å². The molecule has 0 radical (unpaired) electrons. The standard InChI is InChI=1S/C20H23N5O3/c1-3-28-20(27)18-13-23-25(15(18)2)17-7-5-16(6-8-17)19(26)22-9-4-11-24-12-10-21-14-24/h5-8,10,12-14H,3-4,9,11H2,1-2H3,(H,22,26). The lowest BCUT2D eigenvalue weighted by Crippen LogP contribution is -2.25. The molecule has 2 heterocycles. The summed E-state index contributed by atoms with van der Waals surface area (Å²) < 4.78 is 8.65. The van der Waals surface area contributed by atoms with E-state index in [9.17, 15) is 9.59 Å². The fourth-order valence-corrected chi connectivity index (χ4v) is 2.82. The molecule has 0 fully saturated rings. The second-order valence-electron chi connectivity index (χ2n) is 6.23. The first kappa shape index (κ1) is 19.3. The van der Waals surface area contributed by atoms with Gasteiger partial charge < -0.3 is 14.6 Å². The summed E-state index contributed by atoms with van der Waals surface area (Å²) in [6, 6.07) is 7.09. The summed E-state index contributed by atoms with van der Waals surface area (Å²) in [5, 5.41) is 7.17. The van der Waals surface area contributed by atoms with Crippen LogP contribution in [-0.4, -0.2) is 44.4 Å². The number of aromatic nitrogens is 4. The fraction of sp³-hybridized carbons (Fsp3) is 0.300. The molecule has 28 heavy (non-hydrogen) atoms. The minimum Gasteiger partial charge on any atom is -0.462 e. The normalized spacial score (nSPS) is 10.6. The van der Waals surface area contributed by atoms with Gasteiger partial charge in [-0.3, -0.25) is 4.79 Å². The maximum absolute atomic E-state index is 12.3. The molecule has 0 unspecified atom stereocenters. The molecule has 0 bridgehead atoms. The summed E-state index contributed by atoms with van der Waals surface area (Å²) in [4.78, 5) is 28.2. The molecule has 0 atom stereocenters. The van der Waals surface area contributed by atoms with Gasteiger partial charge in [0.2, 0.25) is 0 Å². The van der Waals surface area contributed by atoms with Gasteiger partial charge in [0.25, 0.3) is 5.91 Å². The highest BCUT2D eigenvalue weighted by atomic mass is 16.5. The molecule has 1 N–H and O–H groups in total. The zero-order chi connectivity index (χ0) is 19.9. The van der Waals surface area contributed by atoms with E-state index in [1.165, 1.54) is 6.20 Å². The van der Waals surface area contributed by atoms with E-state index < -0.39 is 5.97 Å². The van der Waals surface area contributed by atoms with E-state index in [0.29, 0.717) is 30.0 Å². The monoisotopic (exact) mass is 381 g/mol. The van der Waals surface area contributed by atoms with Gasteiger partial charge in [-0.15, -0.1) is 0 Å². The molecule has 1 amide bonds. The summed E-state index contributed by atoms with van der Waals surface area (Å²) in [7, 11) is 0. The van der Waals surface area contributed by atoms with E-state index in [0.717, 1.165) is 18.7 Å². The van der Waals surface area contributed by atoms with Crippen molar-refractivity contribution in [3.8, 4) is 5.69 Å². The number of amides is 1. The van der Waals surface area contributed by atoms with Crippen molar-refractivity contribution in [2.75, 3.05) is 13.2 Å². The molecule has 0 aliphatic rings. The second kappa shape index (κ2) is 8.98. The first-order valence-corrected chi connectivity index (χ1v) is 9.16. The Bertz CT molecular complexity index is 929. The van der Waals surface area contributed by atoms with Gasteiger partial charge in [-0.25, -0.2) is 14.5 Å². The van der Waals surface area contributed by atoms with Crippen LogP contribution in [0.25, 0.3) is 5.69 Å². The van der Waals surface area contributed by atoms with Crippen LogP contribution in [0.15, 0.2) is 49.2 Å². The summed E-state index contributed by atoms with van der Waals surface area (Å²) in [5.74, 6) is -0.514. The number of esters is 1. The molecule has 3 rings (SSSR count). The molecule has 146 valence electrons. The summed E-state index contributed by atoms with van der Waals surface area (Å²) in [5.41, 5.74) is 2.46. The maximum Gasteiger partial charge on any atom is 0.341 e. The smallest absolute Gasteiger partial charge is 0.341 e. The number of aryl methyl sites for hydroxylation is 1. The zero-order valence-corrected chi connectivity index (χ0v) is 16.0. The topological polar surface area (TPSA) is 91.0 Å². The van der Waals surface area contributed by atoms with Gasteiger partial charge in [0.05, 0.1) is 30.5 Å². The number of carbonyl (C=O) groups excluding carboxylic acids is 2. The average Bonchev–Trinajstić information content (AvgIpc) is 3.35. The summed E-state index contributed by atoms with van der Waals surface area (Å²) in [6.45, 7) is 5.27. The summed E-state index contributed by atoms with van der Waals surface area (Å²) >= 11 is 0. The Morgan fingerprint density at radius 3 is 2.68 bits per heavy atom. The quantitative estimate of drug-likeness (QED) is 0.478. The summed E-state index contributed by atoms with van der Waals surface area (Å²) in [6.07, 6.45) is 7.70. The predicted molar refractivity (Wildman–Crippen MR) is 103 cm³/mol.